The number of pyridine rings is 1. The second-order valence-electron chi connectivity index (χ2n) is 4.28. The van der Waals surface area contributed by atoms with Gasteiger partial charge in [-0.15, -0.1) is 0 Å². The van der Waals surface area contributed by atoms with Crippen molar-refractivity contribution in [3.05, 3.63) is 23.9 Å². The number of sulfonamides is 1. The Labute approximate surface area is 110 Å². The third-order valence-corrected chi connectivity index (χ3v) is 4.35. The number of rotatable bonds is 4. The van der Waals surface area contributed by atoms with Gasteiger partial charge in [0.05, 0.1) is 17.7 Å². The van der Waals surface area contributed by atoms with E-state index in [4.69, 9.17) is 9.84 Å². The van der Waals surface area contributed by atoms with Crippen molar-refractivity contribution in [2.45, 2.75) is 30.5 Å². The molecule has 0 aromatic carbocycles. The van der Waals surface area contributed by atoms with Gasteiger partial charge in [-0.2, -0.15) is 0 Å². The van der Waals surface area contributed by atoms with E-state index in [9.17, 15) is 13.2 Å². The van der Waals surface area contributed by atoms with E-state index in [0.29, 0.717) is 13.0 Å². The van der Waals surface area contributed by atoms with Gasteiger partial charge >= 0.3 is 5.97 Å². The predicted octanol–water partition coefficient (Wildman–Crippen LogP) is 0.235. The molecule has 0 bridgehead atoms. The maximum atomic E-state index is 12.0. The van der Waals surface area contributed by atoms with Crippen molar-refractivity contribution < 1.29 is 23.1 Å². The molecule has 1 saturated heterocycles. The van der Waals surface area contributed by atoms with E-state index >= 15 is 0 Å². The van der Waals surface area contributed by atoms with Crippen molar-refractivity contribution in [2.24, 2.45) is 0 Å². The van der Waals surface area contributed by atoms with Gasteiger partial charge in [0, 0.05) is 12.8 Å². The maximum absolute atomic E-state index is 12.0. The smallest absolute Gasteiger partial charge is 0.337 e. The van der Waals surface area contributed by atoms with E-state index in [1.54, 1.807) is 6.92 Å². The SMILES string of the molecule is CC1OCCC1NS(=O)(=O)c1ccc(C(=O)O)cn1. The third kappa shape index (κ3) is 3.09. The molecule has 19 heavy (non-hydrogen) atoms. The summed E-state index contributed by atoms with van der Waals surface area (Å²) in [6.07, 6.45) is 1.44. The highest BCUT2D eigenvalue weighted by molar-refractivity contribution is 7.89. The lowest BCUT2D eigenvalue weighted by molar-refractivity contribution is 0.0696. The number of nitrogens with one attached hydrogen (secondary N) is 1. The largest absolute Gasteiger partial charge is 0.478 e. The molecular weight excluding hydrogens is 272 g/mol. The van der Waals surface area contributed by atoms with Crippen LogP contribution in [0.1, 0.15) is 23.7 Å². The van der Waals surface area contributed by atoms with Crippen LogP contribution in [0.25, 0.3) is 0 Å². The van der Waals surface area contributed by atoms with E-state index in [-0.39, 0.29) is 22.7 Å². The minimum absolute atomic E-state index is 0.0588. The van der Waals surface area contributed by atoms with Gasteiger partial charge in [0.1, 0.15) is 0 Å². The Kier molecular flexibility index (Phi) is 3.83. The zero-order valence-corrected chi connectivity index (χ0v) is 11.1. The van der Waals surface area contributed by atoms with Crippen LogP contribution >= 0.6 is 0 Å². The monoisotopic (exact) mass is 286 g/mol. The van der Waals surface area contributed by atoms with Gasteiger partial charge in [-0.25, -0.2) is 22.9 Å². The molecule has 2 N–H and O–H groups in total. The van der Waals surface area contributed by atoms with E-state index in [1.165, 1.54) is 12.1 Å². The molecule has 0 amide bonds. The van der Waals surface area contributed by atoms with Gasteiger partial charge in [0.25, 0.3) is 10.0 Å². The van der Waals surface area contributed by atoms with Crippen molar-refractivity contribution in [3.63, 3.8) is 0 Å². The average molecular weight is 286 g/mol. The number of carboxylic acids is 1. The highest BCUT2D eigenvalue weighted by atomic mass is 32.2. The Bertz CT molecular complexity index is 569. The number of carboxylic acid groups (broad SMARTS) is 1. The van der Waals surface area contributed by atoms with Crippen LogP contribution in [0.15, 0.2) is 23.4 Å². The molecule has 0 spiro atoms. The average Bonchev–Trinajstić information content (AvgIpc) is 2.74. The van der Waals surface area contributed by atoms with Crippen LogP contribution in [0, 0.1) is 0 Å². The van der Waals surface area contributed by atoms with E-state index in [0.717, 1.165) is 6.20 Å². The Morgan fingerprint density at radius 1 is 1.53 bits per heavy atom. The summed E-state index contributed by atoms with van der Waals surface area (Å²) >= 11 is 0. The minimum Gasteiger partial charge on any atom is -0.478 e. The predicted molar refractivity (Wildman–Crippen MR) is 65.3 cm³/mol. The lowest BCUT2D eigenvalue weighted by Gasteiger charge is -2.15. The molecule has 0 aliphatic carbocycles. The summed E-state index contributed by atoms with van der Waals surface area (Å²) in [6, 6.07) is 2.09. The van der Waals surface area contributed by atoms with Crippen LogP contribution < -0.4 is 4.72 Å². The molecule has 2 heterocycles. The van der Waals surface area contributed by atoms with E-state index in [2.05, 4.69) is 9.71 Å². The molecule has 0 radical (unpaired) electrons. The number of nitrogens with zero attached hydrogens (tertiary/aromatic N) is 1. The second kappa shape index (κ2) is 5.24. The molecule has 1 aromatic heterocycles. The first-order chi connectivity index (χ1) is 8.90. The fraction of sp³-hybridized carbons (Fsp3) is 0.455. The molecule has 1 aliphatic rings. The topological polar surface area (TPSA) is 106 Å². The lowest BCUT2D eigenvalue weighted by Crippen LogP contribution is -2.39. The number of carbonyl (C=O) groups is 1. The van der Waals surface area contributed by atoms with Crippen LogP contribution in [0.3, 0.4) is 0 Å². The van der Waals surface area contributed by atoms with Crippen molar-refractivity contribution in [2.75, 3.05) is 6.61 Å². The standard InChI is InChI=1S/C11H14N2O5S/c1-7-9(4-5-18-7)13-19(16,17)10-3-2-8(6-12-10)11(14)15/h2-3,6-7,9,13H,4-5H2,1H3,(H,14,15). The summed E-state index contributed by atoms with van der Waals surface area (Å²) in [6.45, 7) is 2.31. The first kappa shape index (κ1) is 13.9. The van der Waals surface area contributed by atoms with Crippen molar-refractivity contribution in [1.82, 2.24) is 9.71 Å². The van der Waals surface area contributed by atoms with Crippen LogP contribution in [0.2, 0.25) is 0 Å². The van der Waals surface area contributed by atoms with Crippen LogP contribution in [0.5, 0.6) is 0 Å². The second-order valence-corrected chi connectivity index (χ2v) is 5.94. The number of aromatic carboxylic acids is 1. The quantitative estimate of drug-likeness (QED) is 0.821. The van der Waals surface area contributed by atoms with Crippen molar-refractivity contribution in [1.29, 1.82) is 0 Å². The molecule has 104 valence electrons. The molecule has 2 atom stereocenters. The summed E-state index contributed by atoms with van der Waals surface area (Å²) in [5.41, 5.74) is -0.0588. The van der Waals surface area contributed by atoms with Gasteiger partial charge in [0.2, 0.25) is 0 Å². The zero-order valence-electron chi connectivity index (χ0n) is 10.2. The first-order valence-corrected chi connectivity index (χ1v) is 7.22. The Morgan fingerprint density at radius 3 is 2.74 bits per heavy atom. The number of hydrogen-bond acceptors (Lipinski definition) is 5. The summed E-state index contributed by atoms with van der Waals surface area (Å²) in [4.78, 5) is 14.3. The van der Waals surface area contributed by atoms with Gasteiger partial charge in [-0.3, -0.25) is 0 Å². The summed E-state index contributed by atoms with van der Waals surface area (Å²) in [5.74, 6) is -1.15. The van der Waals surface area contributed by atoms with Gasteiger partial charge in [0.15, 0.2) is 5.03 Å². The molecule has 1 aromatic rings. The highest BCUT2D eigenvalue weighted by Gasteiger charge is 2.29. The highest BCUT2D eigenvalue weighted by Crippen LogP contribution is 2.16. The van der Waals surface area contributed by atoms with Gasteiger partial charge < -0.3 is 9.84 Å². The Morgan fingerprint density at radius 2 is 2.26 bits per heavy atom. The van der Waals surface area contributed by atoms with Crippen molar-refractivity contribution >= 4 is 16.0 Å². The number of aromatic nitrogens is 1. The van der Waals surface area contributed by atoms with Gasteiger partial charge in [-0.05, 0) is 25.5 Å². The van der Waals surface area contributed by atoms with Crippen molar-refractivity contribution in [3.8, 4) is 0 Å². The Hall–Kier alpha value is -1.51. The molecule has 1 fully saturated rings. The molecule has 1 aliphatic heterocycles. The lowest BCUT2D eigenvalue weighted by atomic mass is 10.2. The molecule has 2 rings (SSSR count). The molecule has 0 saturated carbocycles. The molecule has 2 unspecified atom stereocenters. The summed E-state index contributed by atoms with van der Waals surface area (Å²) in [7, 11) is -3.75. The Balaban J connectivity index is 2.17. The number of hydrogen-bond donors (Lipinski definition) is 2. The van der Waals surface area contributed by atoms with Crippen LogP contribution in [0.4, 0.5) is 0 Å². The van der Waals surface area contributed by atoms with E-state index in [1.807, 2.05) is 0 Å². The van der Waals surface area contributed by atoms with Crippen LogP contribution in [-0.4, -0.2) is 43.2 Å². The number of ether oxygens (including phenoxy) is 1. The van der Waals surface area contributed by atoms with Gasteiger partial charge in [-0.1, -0.05) is 0 Å². The summed E-state index contributed by atoms with van der Waals surface area (Å²) in [5, 5.41) is 8.52. The summed E-state index contributed by atoms with van der Waals surface area (Å²) < 4.78 is 31.9. The molecule has 7 nitrogen and oxygen atoms in total. The first-order valence-electron chi connectivity index (χ1n) is 5.73. The maximum Gasteiger partial charge on any atom is 0.337 e. The molecular formula is C11H14N2O5S. The normalized spacial score (nSPS) is 23.4. The zero-order chi connectivity index (χ0) is 14.0. The minimum atomic E-state index is -3.75. The fourth-order valence-electron chi connectivity index (χ4n) is 1.81. The van der Waals surface area contributed by atoms with Crippen LogP contribution in [-0.2, 0) is 14.8 Å². The van der Waals surface area contributed by atoms with E-state index < -0.39 is 16.0 Å². The third-order valence-electron chi connectivity index (χ3n) is 2.94. The fourth-order valence-corrected chi connectivity index (χ4v) is 3.08. The molecule has 8 heteroatoms.